The highest BCUT2D eigenvalue weighted by atomic mass is 32.1. The zero-order chi connectivity index (χ0) is 21.0. The smallest absolute Gasteiger partial charge is 0.262 e. The zero-order valence-electron chi connectivity index (χ0n) is 16.6. The molecule has 0 spiro atoms. The molecule has 0 aliphatic carbocycles. The molecule has 0 saturated carbocycles. The molecule has 0 radical (unpaired) electrons. The third kappa shape index (κ3) is 4.20. The SMILES string of the molecule is O=C(COc1ccccc1-c1ccccc1)Nc1ccc(-c2cn3ccsc3n2)cc1. The lowest BCUT2D eigenvalue weighted by Crippen LogP contribution is -2.20. The van der Waals surface area contributed by atoms with E-state index in [4.69, 9.17) is 4.74 Å². The summed E-state index contributed by atoms with van der Waals surface area (Å²) in [6.07, 6.45) is 3.98. The summed E-state index contributed by atoms with van der Waals surface area (Å²) in [7, 11) is 0. The molecule has 6 heteroatoms. The highest BCUT2D eigenvalue weighted by Gasteiger charge is 2.10. The Balaban J connectivity index is 1.23. The van der Waals surface area contributed by atoms with E-state index in [2.05, 4.69) is 10.3 Å². The normalized spacial score (nSPS) is 10.8. The van der Waals surface area contributed by atoms with Crippen molar-refractivity contribution in [3.05, 3.63) is 96.6 Å². The van der Waals surface area contributed by atoms with Gasteiger partial charge in [0.2, 0.25) is 0 Å². The molecule has 5 rings (SSSR count). The number of hydrogen-bond acceptors (Lipinski definition) is 4. The summed E-state index contributed by atoms with van der Waals surface area (Å²) in [5, 5.41) is 4.89. The number of thiazole rings is 1. The fraction of sp³-hybridized carbons (Fsp3) is 0.0400. The summed E-state index contributed by atoms with van der Waals surface area (Å²) in [5.41, 5.74) is 4.63. The third-order valence-electron chi connectivity index (χ3n) is 4.89. The van der Waals surface area contributed by atoms with Crippen molar-refractivity contribution in [2.75, 3.05) is 11.9 Å². The first-order valence-corrected chi connectivity index (χ1v) is 10.7. The van der Waals surface area contributed by atoms with Crippen molar-refractivity contribution in [3.63, 3.8) is 0 Å². The summed E-state index contributed by atoms with van der Waals surface area (Å²) in [4.78, 5) is 18.0. The zero-order valence-corrected chi connectivity index (χ0v) is 17.4. The van der Waals surface area contributed by atoms with Crippen LogP contribution in [0.1, 0.15) is 0 Å². The van der Waals surface area contributed by atoms with Crippen molar-refractivity contribution in [2.24, 2.45) is 0 Å². The predicted octanol–water partition coefficient (Wildman–Crippen LogP) is 5.75. The Morgan fingerprint density at radius 1 is 0.935 bits per heavy atom. The number of anilines is 1. The summed E-state index contributed by atoms with van der Waals surface area (Å²) < 4.78 is 7.82. The second-order valence-corrected chi connectivity index (χ2v) is 7.87. The van der Waals surface area contributed by atoms with Gasteiger partial charge in [-0.15, -0.1) is 11.3 Å². The van der Waals surface area contributed by atoms with E-state index < -0.39 is 0 Å². The molecular formula is C25H19N3O2S. The van der Waals surface area contributed by atoms with Gasteiger partial charge >= 0.3 is 0 Å². The average Bonchev–Trinajstić information content (AvgIpc) is 3.42. The molecule has 31 heavy (non-hydrogen) atoms. The van der Waals surface area contributed by atoms with Gasteiger partial charge in [0.05, 0.1) is 5.69 Å². The van der Waals surface area contributed by atoms with Gasteiger partial charge < -0.3 is 10.1 Å². The molecule has 1 N–H and O–H groups in total. The lowest BCUT2D eigenvalue weighted by atomic mass is 10.1. The fourth-order valence-electron chi connectivity index (χ4n) is 3.38. The molecule has 0 atom stereocenters. The van der Waals surface area contributed by atoms with E-state index in [1.165, 1.54) is 0 Å². The van der Waals surface area contributed by atoms with Crippen molar-refractivity contribution in [2.45, 2.75) is 0 Å². The Morgan fingerprint density at radius 3 is 2.52 bits per heavy atom. The Bertz CT molecular complexity index is 1300. The largest absolute Gasteiger partial charge is 0.483 e. The van der Waals surface area contributed by atoms with E-state index in [1.807, 2.05) is 101 Å². The number of fused-ring (bicyclic) bond motifs is 1. The van der Waals surface area contributed by atoms with E-state index in [-0.39, 0.29) is 12.5 Å². The molecule has 2 heterocycles. The van der Waals surface area contributed by atoms with Crippen LogP contribution in [0, 0.1) is 0 Å². The summed E-state index contributed by atoms with van der Waals surface area (Å²) in [5.74, 6) is 0.470. The van der Waals surface area contributed by atoms with Crippen LogP contribution < -0.4 is 10.1 Å². The highest BCUT2D eigenvalue weighted by molar-refractivity contribution is 7.15. The first kappa shape index (κ1) is 19.1. The number of hydrogen-bond donors (Lipinski definition) is 1. The number of aromatic nitrogens is 2. The van der Waals surface area contributed by atoms with Crippen molar-refractivity contribution >= 4 is 27.9 Å². The van der Waals surface area contributed by atoms with Gasteiger partial charge in [-0.1, -0.05) is 60.7 Å². The molecule has 3 aromatic carbocycles. The van der Waals surface area contributed by atoms with Crippen molar-refractivity contribution < 1.29 is 9.53 Å². The summed E-state index contributed by atoms with van der Waals surface area (Å²) >= 11 is 1.60. The lowest BCUT2D eigenvalue weighted by molar-refractivity contribution is -0.118. The van der Waals surface area contributed by atoms with E-state index in [0.29, 0.717) is 5.75 Å². The predicted molar refractivity (Wildman–Crippen MR) is 125 cm³/mol. The maximum Gasteiger partial charge on any atom is 0.262 e. The molecule has 5 nitrogen and oxygen atoms in total. The quantitative estimate of drug-likeness (QED) is 0.377. The number of carbonyl (C=O) groups is 1. The van der Waals surface area contributed by atoms with Gasteiger partial charge in [0.15, 0.2) is 11.6 Å². The van der Waals surface area contributed by atoms with Gasteiger partial charge in [0.1, 0.15) is 5.75 Å². The average molecular weight is 426 g/mol. The van der Waals surface area contributed by atoms with Crippen LogP contribution in [0.3, 0.4) is 0 Å². The number of ether oxygens (including phenoxy) is 1. The van der Waals surface area contributed by atoms with Gasteiger partial charge in [-0.05, 0) is 23.8 Å². The van der Waals surface area contributed by atoms with Crippen LogP contribution in [0.25, 0.3) is 27.3 Å². The standard InChI is InChI=1S/C25H19N3O2S/c29-24(17-30-23-9-5-4-8-21(23)18-6-2-1-3-7-18)26-20-12-10-19(11-13-20)22-16-28-14-15-31-25(28)27-22/h1-16H,17H2,(H,26,29). The van der Waals surface area contributed by atoms with Gasteiger partial charge in [0, 0.05) is 34.6 Å². The molecule has 5 aromatic rings. The summed E-state index contributed by atoms with van der Waals surface area (Å²) in [6.45, 7) is -0.0665. The van der Waals surface area contributed by atoms with E-state index >= 15 is 0 Å². The second kappa shape index (κ2) is 8.45. The molecule has 0 aliphatic heterocycles. The number of benzene rings is 3. The number of nitrogens with zero attached hydrogens (tertiary/aromatic N) is 2. The Morgan fingerprint density at radius 2 is 1.71 bits per heavy atom. The molecule has 0 fully saturated rings. The molecule has 1 amide bonds. The lowest BCUT2D eigenvalue weighted by Gasteiger charge is -2.12. The molecule has 2 aromatic heterocycles. The van der Waals surface area contributed by atoms with Crippen LogP contribution in [0.5, 0.6) is 5.75 Å². The molecule has 0 aliphatic rings. The molecule has 152 valence electrons. The van der Waals surface area contributed by atoms with Crippen LogP contribution in [-0.4, -0.2) is 21.9 Å². The van der Waals surface area contributed by atoms with Gasteiger partial charge in [-0.2, -0.15) is 0 Å². The topological polar surface area (TPSA) is 55.6 Å². The monoisotopic (exact) mass is 425 g/mol. The number of para-hydroxylation sites is 1. The van der Waals surface area contributed by atoms with Crippen LogP contribution >= 0.6 is 11.3 Å². The van der Waals surface area contributed by atoms with Crippen molar-refractivity contribution in [1.82, 2.24) is 9.38 Å². The minimum Gasteiger partial charge on any atom is -0.483 e. The second-order valence-electron chi connectivity index (χ2n) is 7.00. The fourth-order valence-corrected chi connectivity index (χ4v) is 4.08. The van der Waals surface area contributed by atoms with Crippen LogP contribution in [0.15, 0.2) is 96.6 Å². The van der Waals surface area contributed by atoms with E-state index in [1.54, 1.807) is 11.3 Å². The maximum absolute atomic E-state index is 12.4. The van der Waals surface area contributed by atoms with Gasteiger partial charge in [-0.3, -0.25) is 9.20 Å². The number of imidazole rings is 1. The van der Waals surface area contributed by atoms with Crippen LogP contribution in [-0.2, 0) is 4.79 Å². The maximum atomic E-state index is 12.4. The Kier molecular flexibility index (Phi) is 5.21. The number of nitrogens with one attached hydrogen (secondary N) is 1. The van der Waals surface area contributed by atoms with Crippen molar-refractivity contribution in [1.29, 1.82) is 0 Å². The Labute approximate surface area is 183 Å². The molecule has 0 saturated heterocycles. The minimum absolute atomic E-state index is 0.0665. The van der Waals surface area contributed by atoms with E-state index in [0.717, 1.165) is 33.0 Å². The highest BCUT2D eigenvalue weighted by Crippen LogP contribution is 2.29. The number of rotatable bonds is 6. The Hall–Kier alpha value is -3.90. The third-order valence-corrected chi connectivity index (χ3v) is 5.66. The van der Waals surface area contributed by atoms with Gasteiger partial charge in [0.25, 0.3) is 5.91 Å². The number of carbonyl (C=O) groups excluding carboxylic acids is 1. The van der Waals surface area contributed by atoms with Crippen LogP contribution in [0.2, 0.25) is 0 Å². The molecular weight excluding hydrogens is 406 g/mol. The first-order valence-electron chi connectivity index (χ1n) is 9.86. The van der Waals surface area contributed by atoms with Crippen molar-refractivity contribution in [3.8, 4) is 28.1 Å². The minimum atomic E-state index is -0.210. The molecule has 0 unspecified atom stereocenters. The first-order chi connectivity index (χ1) is 15.3. The number of amides is 1. The van der Waals surface area contributed by atoms with Crippen LogP contribution in [0.4, 0.5) is 5.69 Å². The summed E-state index contributed by atoms with van der Waals surface area (Å²) in [6, 6.07) is 25.4. The molecule has 0 bridgehead atoms. The van der Waals surface area contributed by atoms with Gasteiger partial charge in [-0.25, -0.2) is 4.98 Å². The van der Waals surface area contributed by atoms with E-state index in [9.17, 15) is 4.79 Å².